The van der Waals surface area contributed by atoms with E-state index >= 15 is 0 Å². The Hall–Kier alpha value is -2.12. The van der Waals surface area contributed by atoms with Crippen LogP contribution in [0.15, 0.2) is 0 Å². The highest BCUT2D eigenvalue weighted by Gasteiger charge is 2.18. The fraction of sp³-hybridized carbons (Fsp3) is 0.333. The maximum absolute atomic E-state index is 10.4. The predicted octanol–water partition coefficient (Wildman–Crippen LogP) is -1.86. The van der Waals surface area contributed by atoms with Gasteiger partial charge in [0.05, 0.1) is 6.54 Å². The Morgan fingerprint density at radius 1 is 1.43 bits per heavy atom. The number of hydrogen-bond donors (Lipinski definition) is 4. The average molecular weight is 203 g/mol. The van der Waals surface area contributed by atoms with Crippen molar-refractivity contribution in [3.8, 4) is 0 Å². The number of likely N-dealkylation sites (N-methyl/N-ethyl adjacent to an activating group) is 1. The quantitative estimate of drug-likeness (QED) is 0.341. The number of carboxylic acid groups (broad SMARTS) is 2. The number of carbonyl (C=O) groups is 3. The average Bonchev–Trinajstić information content (AvgIpc) is 2.30. The molecule has 0 aromatic heterocycles. The maximum Gasteiger partial charge on any atom is 0.414 e. The van der Waals surface area contributed by atoms with Gasteiger partial charge in [-0.05, 0) is 0 Å². The molecular formula is C6H9N3O5. The number of amides is 1. The van der Waals surface area contributed by atoms with E-state index in [2.05, 4.69) is 5.32 Å². The molecule has 8 heteroatoms. The molecule has 0 aromatic carbocycles. The first-order valence-corrected chi connectivity index (χ1v) is 3.40. The summed E-state index contributed by atoms with van der Waals surface area (Å²) in [6.07, 6.45) is 0. The largest absolute Gasteiger partial charge is 0.473 e. The van der Waals surface area contributed by atoms with Crippen molar-refractivity contribution in [1.29, 1.82) is 5.41 Å². The van der Waals surface area contributed by atoms with E-state index in [1.54, 1.807) is 11.9 Å². The molecule has 1 amide bonds. The highest BCUT2D eigenvalue weighted by Crippen LogP contribution is 1.89. The van der Waals surface area contributed by atoms with Crippen LogP contribution in [0.3, 0.4) is 0 Å². The first kappa shape index (κ1) is 11.9. The van der Waals surface area contributed by atoms with Gasteiger partial charge in [0.2, 0.25) is 5.91 Å². The minimum atomic E-state index is -1.82. The van der Waals surface area contributed by atoms with Crippen molar-refractivity contribution < 1.29 is 24.6 Å². The molecule has 0 aliphatic carbocycles. The van der Waals surface area contributed by atoms with Gasteiger partial charge in [-0.15, -0.1) is 0 Å². The number of hydrogen-bond acceptors (Lipinski definition) is 4. The number of nitrogens with one attached hydrogen (secondary N) is 2. The lowest BCUT2D eigenvalue weighted by molar-refractivity contribution is -0.159. The van der Waals surface area contributed by atoms with E-state index in [4.69, 9.17) is 25.2 Å². The second-order valence-electron chi connectivity index (χ2n) is 2.36. The molecular weight excluding hydrogens is 194 g/mol. The van der Waals surface area contributed by atoms with E-state index in [0.717, 1.165) is 0 Å². The van der Waals surface area contributed by atoms with Crippen molar-refractivity contribution in [3.05, 3.63) is 0 Å². The molecule has 1 saturated heterocycles. The Morgan fingerprint density at radius 2 is 1.86 bits per heavy atom. The molecule has 0 unspecified atom stereocenters. The summed E-state index contributed by atoms with van der Waals surface area (Å²) >= 11 is 0. The minimum absolute atomic E-state index is 0.0995. The third-order valence-corrected chi connectivity index (χ3v) is 1.20. The highest BCUT2D eigenvalue weighted by atomic mass is 16.4. The van der Waals surface area contributed by atoms with E-state index < -0.39 is 11.9 Å². The molecule has 1 aliphatic heterocycles. The molecule has 1 rings (SSSR count). The van der Waals surface area contributed by atoms with Crippen molar-refractivity contribution in [1.82, 2.24) is 10.2 Å². The zero-order chi connectivity index (χ0) is 11.3. The number of rotatable bonds is 0. The Balaban J connectivity index is 0.000000255. The SMILES string of the molecule is CN1CC(=O)NC1=N.O=C(O)C(=O)O. The van der Waals surface area contributed by atoms with Crippen LogP contribution in [0.1, 0.15) is 0 Å². The number of aliphatic carboxylic acids is 2. The van der Waals surface area contributed by atoms with Gasteiger partial charge in [-0.2, -0.15) is 0 Å². The molecule has 0 atom stereocenters. The lowest BCUT2D eigenvalue weighted by atomic mass is 10.6. The summed E-state index contributed by atoms with van der Waals surface area (Å²) < 4.78 is 0. The summed E-state index contributed by atoms with van der Waals surface area (Å²) in [6.45, 7) is 0.318. The van der Waals surface area contributed by atoms with Crippen molar-refractivity contribution >= 4 is 23.8 Å². The minimum Gasteiger partial charge on any atom is -0.473 e. The molecule has 8 nitrogen and oxygen atoms in total. The molecule has 14 heavy (non-hydrogen) atoms. The van der Waals surface area contributed by atoms with Crippen LogP contribution in [-0.4, -0.2) is 52.5 Å². The van der Waals surface area contributed by atoms with Gasteiger partial charge in [-0.1, -0.05) is 0 Å². The van der Waals surface area contributed by atoms with Crippen LogP contribution in [0.2, 0.25) is 0 Å². The number of carbonyl (C=O) groups excluding carboxylic acids is 1. The van der Waals surface area contributed by atoms with Gasteiger partial charge in [0.15, 0.2) is 5.96 Å². The standard InChI is InChI=1S/C4H7N3O.C2H2O4/c1-7-2-3(8)6-4(7)5;3-1(4)2(5)6/h2H2,1H3,(H2,5,6,8);(H,3,4)(H,5,6). The van der Waals surface area contributed by atoms with E-state index in [1.165, 1.54) is 0 Å². The lowest BCUT2D eigenvalue weighted by Gasteiger charge is -2.03. The van der Waals surface area contributed by atoms with Crippen LogP contribution in [0.5, 0.6) is 0 Å². The fourth-order valence-corrected chi connectivity index (χ4v) is 0.561. The normalized spacial score (nSPS) is 14.2. The molecule has 4 N–H and O–H groups in total. The van der Waals surface area contributed by atoms with Crippen molar-refractivity contribution in [2.45, 2.75) is 0 Å². The van der Waals surface area contributed by atoms with Crippen LogP contribution in [-0.2, 0) is 14.4 Å². The molecule has 0 bridgehead atoms. The van der Waals surface area contributed by atoms with Crippen molar-refractivity contribution in [2.24, 2.45) is 0 Å². The summed E-state index contributed by atoms with van der Waals surface area (Å²) in [5.74, 6) is -3.56. The molecule has 1 aliphatic rings. The molecule has 0 saturated carbocycles. The lowest BCUT2D eigenvalue weighted by Crippen LogP contribution is -2.25. The van der Waals surface area contributed by atoms with E-state index in [0.29, 0.717) is 6.54 Å². The van der Waals surface area contributed by atoms with E-state index in [-0.39, 0.29) is 11.9 Å². The zero-order valence-corrected chi connectivity index (χ0v) is 7.27. The number of carboxylic acids is 2. The molecule has 0 spiro atoms. The Bertz CT molecular complexity index is 275. The Labute approximate surface area is 78.6 Å². The molecule has 1 heterocycles. The van der Waals surface area contributed by atoms with Crippen LogP contribution in [0.25, 0.3) is 0 Å². The molecule has 1 fully saturated rings. The number of nitrogens with zero attached hydrogens (tertiary/aromatic N) is 1. The van der Waals surface area contributed by atoms with E-state index in [9.17, 15) is 4.79 Å². The van der Waals surface area contributed by atoms with Gasteiger partial charge in [-0.3, -0.25) is 15.5 Å². The van der Waals surface area contributed by atoms with Gasteiger partial charge in [-0.25, -0.2) is 9.59 Å². The van der Waals surface area contributed by atoms with Gasteiger partial charge in [0, 0.05) is 7.05 Å². The van der Waals surface area contributed by atoms with Crippen LogP contribution in [0.4, 0.5) is 0 Å². The maximum atomic E-state index is 10.4. The van der Waals surface area contributed by atoms with Crippen molar-refractivity contribution in [3.63, 3.8) is 0 Å². The van der Waals surface area contributed by atoms with Crippen LogP contribution < -0.4 is 5.32 Å². The zero-order valence-electron chi connectivity index (χ0n) is 7.27. The summed E-state index contributed by atoms with van der Waals surface area (Å²) in [7, 11) is 1.69. The first-order valence-electron chi connectivity index (χ1n) is 3.40. The monoisotopic (exact) mass is 203 g/mol. The highest BCUT2D eigenvalue weighted by molar-refractivity contribution is 6.27. The molecule has 0 radical (unpaired) electrons. The first-order chi connectivity index (χ1) is 6.34. The van der Waals surface area contributed by atoms with Gasteiger partial charge in [0.25, 0.3) is 0 Å². The van der Waals surface area contributed by atoms with Crippen LogP contribution >= 0.6 is 0 Å². The predicted molar refractivity (Wildman–Crippen MR) is 43.8 cm³/mol. The van der Waals surface area contributed by atoms with Gasteiger partial charge < -0.3 is 15.1 Å². The van der Waals surface area contributed by atoms with Crippen LogP contribution in [0, 0.1) is 5.41 Å². The number of guanidine groups is 1. The summed E-state index contributed by atoms with van der Waals surface area (Å²) in [4.78, 5) is 30.1. The van der Waals surface area contributed by atoms with Gasteiger partial charge >= 0.3 is 11.9 Å². The smallest absolute Gasteiger partial charge is 0.414 e. The molecule has 78 valence electrons. The van der Waals surface area contributed by atoms with Gasteiger partial charge in [0.1, 0.15) is 0 Å². The van der Waals surface area contributed by atoms with Crippen molar-refractivity contribution in [2.75, 3.05) is 13.6 Å². The second-order valence-corrected chi connectivity index (χ2v) is 2.36. The third kappa shape index (κ3) is 4.04. The van der Waals surface area contributed by atoms with E-state index in [1.807, 2.05) is 0 Å². The summed E-state index contributed by atoms with van der Waals surface area (Å²) in [5, 5.41) is 24.1. The Morgan fingerprint density at radius 3 is 1.93 bits per heavy atom. The Kier molecular flexibility index (Phi) is 4.07. The fourth-order valence-electron chi connectivity index (χ4n) is 0.561. The second kappa shape index (κ2) is 4.80. The molecule has 0 aromatic rings. The summed E-state index contributed by atoms with van der Waals surface area (Å²) in [6, 6.07) is 0. The third-order valence-electron chi connectivity index (χ3n) is 1.20. The summed E-state index contributed by atoms with van der Waals surface area (Å²) in [5.41, 5.74) is 0. The topological polar surface area (TPSA) is 131 Å².